The highest BCUT2D eigenvalue weighted by Crippen LogP contribution is 2.24. The number of amides is 1. The smallest absolute Gasteiger partial charge is 0.308 e. The zero-order valence-electron chi connectivity index (χ0n) is 18.7. The molecule has 4 aromatic rings. The maximum atomic E-state index is 12.4. The Morgan fingerprint density at radius 3 is 2.39 bits per heavy atom. The average molecular weight is 444 g/mol. The Kier molecular flexibility index (Phi) is 6.08. The third-order valence-corrected chi connectivity index (χ3v) is 5.33. The van der Waals surface area contributed by atoms with Gasteiger partial charge in [0, 0.05) is 49.7 Å². The molecule has 0 unspecified atom stereocenters. The van der Waals surface area contributed by atoms with Gasteiger partial charge in [-0.3, -0.25) is 14.0 Å². The van der Waals surface area contributed by atoms with Crippen LogP contribution in [0.5, 0.6) is 0 Å². The van der Waals surface area contributed by atoms with Gasteiger partial charge in [-0.2, -0.15) is 0 Å². The van der Waals surface area contributed by atoms with Gasteiger partial charge in [-0.15, -0.1) is 0 Å². The van der Waals surface area contributed by atoms with Gasteiger partial charge in [-0.05, 0) is 36.8 Å². The van der Waals surface area contributed by atoms with Gasteiger partial charge in [-0.1, -0.05) is 29.8 Å². The molecule has 8 heteroatoms. The van der Waals surface area contributed by atoms with Crippen LogP contribution in [0.3, 0.4) is 0 Å². The first-order valence-electron chi connectivity index (χ1n) is 10.5. The van der Waals surface area contributed by atoms with E-state index < -0.39 is 5.97 Å². The van der Waals surface area contributed by atoms with E-state index in [1.807, 2.05) is 61.8 Å². The van der Waals surface area contributed by atoms with E-state index in [0.717, 1.165) is 17.0 Å². The van der Waals surface area contributed by atoms with Crippen LogP contribution >= 0.6 is 0 Å². The zero-order chi connectivity index (χ0) is 23.5. The predicted molar refractivity (Wildman–Crippen MR) is 127 cm³/mol. The molecule has 2 N–H and O–H groups in total. The second-order valence-corrected chi connectivity index (χ2v) is 8.11. The van der Waals surface area contributed by atoms with Crippen LogP contribution in [-0.2, 0) is 17.6 Å². The summed E-state index contributed by atoms with van der Waals surface area (Å²) in [7, 11) is 3.67. The number of nitrogens with one attached hydrogen (secondary N) is 1. The van der Waals surface area contributed by atoms with Crippen LogP contribution in [0.25, 0.3) is 5.65 Å². The number of hydrogen-bond acceptors (Lipinski definition) is 5. The number of anilines is 2. The molecule has 0 fully saturated rings. The minimum Gasteiger partial charge on any atom is -0.481 e. The molecule has 0 saturated heterocycles. The number of carbonyl (C=O) groups excluding carboxylic acids is 1. The first-order valence-corrected chi connectivity index (χ1v) is 10.5. The van der Waals surface area contributed by atoms with Crippen molar-refractivity contribution in [1.29, 1.82) is 0 Å². The molecular formula is C25H25N5O3. The minimum atomic E-state index is -0.930. The van der Waals surface area contributed by atoms with Gasteiger partial charge in [0.15, 0.2) is 0 Å². The summed E-state index contributed by atoms with van der Waals surface area (Å²) >= 11 is 0. The quantitative estimate of drug-likeness (QED) is 0.423. The number of carboxylic acids is 1. The molecule has 0 bridgehead atoms. The molecule has 0 atom stereocenters. The lowest BCUT2D eigenvalue weighted by molar-refractivity contribution is -0.136. The van der Waals surface area contributed by atoms with Gasteiger partial charge in [0.05, 0.1) is 6.42 Å². The number of carbonyl (C=O) groups is 2. The van der Waals surface area contributed by atoms with Crippen LogP contribution in [-0.4, -0.2) is 45.4 Å². The monoisotopic (exact) mass is 444 g/mol. The number of aryl methyl sites for hydroxylation is 1. The Morgan fingerprint density at radius 2 is 1.76 bits per heavy atom. The van der Waals surface area contributed by atoms with E-state index in [-0.39, 0.29) is 12.3 Å². The van der Waals surface area contributed by atoms with E-state index >= 15 is 0 Å². The number of benzene rings is 2. The molecular weight excluding hydrogens is 419 g/mol. The summed E-state index contributed by atoms with van der Waals surface area (Å²) < 4.78 is 1.83. The van der Waals surface area contributed by atoms with Crippen LogP contribution < -0.4 is 10.2 Å². The molecule has 2 aromatic heterocycles. The van der Waals surface area contributed by atoms with Gasteiger partial charge in [0.25, 0.3) is 5.91 Å². The van der Waals surface area contributed by atoms with Crippen molar-refractivity contribution in [3.63, 3.8) is 0 Å². The van der Waals surface area contributed by atoms with Crippen molar-refractivity contribution < 1.29 is 14.7 Å². The molecule has 4 rings (SSSR count). The standard InChI is InChI=1S/C25H25N5O3/c1-16-4-8-18(9-5-16)25(33)27-19-10-6-17(7-11-19)14-21-28-24(29(2)3)20(15-22(31)32)23-26-12-13-30(21)23/h4-13H,14-15H2,1-3H3,(H,27,33)(H,31,32)/i22+1. The van der Waals surface area contributed by atoms with Crippen molar-refractivity contribution in [2.45, 2.75) is 19.8 Å². The summed E-state index contributed by atoms with van der Waals surface area (Å²) in [5.74, 6) is 0.250. The van der Waals surface area contributed by atoms with Crippen LogP contribution in [0.15, 0.2) is 60.9 Å². The van der Waals surface area contributed by atoms with Crippen molar-refractivity contribution in [3.8, 4) is 0 Å². The first-order chi connectivity index (χ1) is 15.8. The molecule has 0 aliphatic rings. The highest BCUT2D eigenvalue weighted by molar-refractivity contribution is 6.04. The van der Waals surface area contributed by atoms with E-state index in [1.165, 1.54) is 0 Å². The topological polar surface area (TPSA) is 99.8 Å². The summed E-state index contributed by atoms with van der Waals surface area (Å²) in [4.78, 5) is 34.8. The van der Waals surface area contributed by atoms with Gasteiger partial charge >= 0.3 is 5.97 Å². The molecule has 0 saturated carbocycles. The molecule has 2 heterocycles. The molecule has 8 nitrogen and oxygen atoms in total. The Bertz CT molecular complexity index is 1310. The zero-order valence-corrected chi connectivity index (χ0v) is 18.7. The van der Waals surface area contributed by atoms with E-state index in [1.54, 1.807) is 29.4 Å². The third-order valence-electron chi connectivity index (χ3n) is 5.33. The molecule has 0 spiro atoms. The van der Waals surface area contributed by atoms with E-state index in [0.29, 0.717) is 34.7 Å². The van der Waals surface area contributed by atoms with Crippen LogP contribution in [0.1, 0.15) is 32.9 Å². The molecule has 0 radical (unpaired) electrons. The fourth-order valence-corrected chi connectivity index (χ4v) is 3.68. The normalized spacial score (nSPS) is 10.9. The predicted octanol–water partition coefficient (Wildman–Crippen LogP) is 3.57. The highest BCUT2D eigenvalue weighted by Gasteiger charge is 2.19. The largest absolute Gasteiger partial charge is 0.481 e. The van der Waals surface area contributed by atoms with E-state index in [2.05, 4.69) is 10.3 Å². The third kappa shape index (κ3) is 4.85. The lowest BCUT2D eigenvalue weighted by atomic mass is 10.1. The SMILES string of the molecule is Cc1ccc(C(=O)Nc2ccc(Cc3nc(N(C)C)c(C[13C](=O)O)c4nccn34)cc2)cc1. The lowest BCUT2D eigenvalue weighted by Gasteiger charge is -2.18. The summed E-state index contributed by atoms with van der Waals surface area (Å²) in [5.41, 5.74) is 4.58. The summed E-state index contributed by atoms with van der Waals surface area (Å²) in [6, 6.07) is 15.0. The number of fused-ring (bicyclic) bond motifs is 1. The number of rotatable bonds is 7. The van der Waals surface area contributed by atoms with Crippen molar-refractivity contribution in [2.24, 2.45) is 0 Å². The molecule has 1 amide bonds. The van der Waals surface area contributed by atoms with Crippen molar-refractivity contribution in [3.05, 3.63) is 89.0 Å². The maximum absolute atomic E-state index is 12.4. The lowest BCUT2D eigenvalue weighted by Crippen LogP contribution is -2.19. The number of carboxylic acid groups (broad SMARTS) is 1. The Hall–Kier alpha value is -4.20. The van der Waals surface area contributed by atoms with Crippen molar-refractivity contribution in [1.82, 2.24) is 14.4 Å². The minimum absolute atomic E-state index is 0.156. The van der Waals surface area contributed by atoms with Gasteiger partial charge < -0.3 is 15.3 Å². The molecule has 0 aliphatic carbocycles. The Balaban J connectivity index is 1.57. The number of hydrogen-bond donors (Lipinski definition) is 2. The van der Waals surface area contributed by atoms with Crippen LogP contribution in [0.4, 0.5) is 11.5 Å². The van der Waals surface area contributed by atoms with E-state index in [9.17, 15) is 14.7 Å². The second-order valence-electron chi connectivity index (χ2n) is 8.11. The van der Waals surface area contributed by atoms with Crippen molar-refractivity contribution in [2.75, 3.05) is 24.3 Å². The van der Waals surface area contributed by atoms with Crippen LogP contribution in [0.2, 0.25) is 0 Å². The fourth-order valence-electron chi connectivity index (χ4n) is 3.68. The summed E-state index contributed by atoms with van der Waals surface area (Å²) in [5, 5.41) is 12.2. The van der Waals surface area contributed by atoms with E-state index in [4.69, 9.17) is 4.98 Å². The molecule has 168 valence electrons. The Morgan fingerprint density at radius 1 is 1.06 bits per heavy atom. The molecule has 0 aliphatic heterocycles. The molecule has 33 heavy (non-hydrogen) atoms. The number of aromatic nitrogens is 3. The van der Waals surface area contributed by atoms with Gasteiger partial charge in [0.2, 0.25) is 0 Å². The van der Waals surface area contributed by atoms with Crippen LogP contribution in [0, 0.1) is 6.92 Å². The average Bonchev–Trinajstić information content (AvgIpc) is 3.27. The first kappa shape index (κ1) is 22.0. The molecule has 2 aromatic carbocycles. The second kappa shape index (κ2) is 9.12. The number of nitrogens with zero attached hydrogens (tertiary/aromatic N) is 4. The van der Waals surface area contributed by atoms with Gasteiger partial charge in [-0.25, -0.2) is 9.97 Å². The number of imidazole rings is 1. The van der Waals surface area contributed by atoms with Gasteiger partial charge in [0.1, 0.15) is 17.3 Å². The summed E-state index contributed by atoms with van der Waals surface area (Å²) in [6.45, 7) is 1.98. The highest BCUT2D eigenvalue weighted by atomic mass is 16.5. The fraction of sp³-hybridized carbons (Fsp3) is 0.200. The Labute approximate surface area is 191 Å². The number of aliphatic carboxylic acids is 1. The summed E-state index contributed by atoms with van der Waals surface area (Å²) in [6.07, 6.45) is 3.80. The van der Waals surface area contributed by atoms with Crippen molar-refractivity contribution >= 4 is 29.0 Å². The maximum Gasteiger partial charge on any atom is 0.308 e.